The van der Waals surface area contributed by atoms with Gasteiger partial charge in [0.1, 0.15) is 54.4 Å². The van der Waals surface area contributed by atoms with E-state index in [1.807, 2.05) is 6.92 Å². The van der Waals surface area contributed by atoms with Gasteiger partial charge in [-0.2, -0.15) is 11.8 Å². The van der Waals surface area contributed by atoms with E-state index in [1.54, 1.807) is 57.4 Å². The summed E-state index contributed by atoms with van der Waals surface area (Å²) in [6.45, 7) is 5.67. The van der Waals surface area contributed by atoms with Crippen LogP contribution in [0.15, 0.2) is 30.3 Å². The first kappa shape index (κ1) is 57.5. The fraction of sp³-hybridized carbons (Fsp3) is 0.644. The largest absolute Gasteiger partial charge is 0.481 e. The SMILES string of the molecule is CC[C@H](C)[C@H](NC(=O)[C@@H]1CCCN1C(=O)[C@@H](N)CO)C(=O)N[C@H](C(=O)N1CCC[C@H]1C(=O)N[C@@H](CO)C(=O)N[C@@H](Cc1ccccc1)C(=O)N[C@@H](CC(=O)O)C(=O)N[C@@H](CCSC)C(=O)O)C(C)C. The maximum absolute atomic E-state index is 14.3. The molecular weight excluding hydrogens is 923 g/mol. The third-order valence-corrected chi connectivity index (χ3v) is 12.8. The van der Waals surface area contributed by atoms with Gasteiger partial charge in [0.05, 0.1) is 19.6 Å². The van der Waals surface area contributed by atoms with Crippen LogP contribution >= 0.6 is 11.8 Å². The number of hydrogen-bond donors (Lipinski definition) is 11. The zero-order chi connectivity index (χ0) is 51.5. The summed E-state index contributed by atoms with van der Waals surface area (Å²) in [4.78, 5) is 135. The van der Waals surface area contributed by atoms with Gasteiger partial charge in [0, 0.05) is 19.5 Å². The van der Waals surface area contributed by atoms with Gasteiger partial charge in [0.25, 0.3) is 0 Å². The van der Waals surface area contributed by atoms with Crippen molar-refractivity contribution in [3.8, 4) is 0 Å². The van der Waals surface area contributed by atoms with Crippen LogP contribution in [-0.4, -0.2) is 182 Å². The number of nitrogens with two attached hydrogens (primary N) is 1. The van der Waals surface area contributed by atoms with Crippen molar-refractivity contribution < 1.29 is 68.4 Å². The number of nitrogens with one attached hydrogen (secondary N) is 6. The molecule has 0 bridgehead atoms. The van der Waals surface area contributed by atoms with Crippen molar-refractivity contribution in [3.63, 3.8) is 0 Å². The fourth-order valence-electron chi connectivity index (χ4n) is 8.00. The normalized spacial score (nSPS) is 19.1. The van der Waals surface area contributed by atoms with Crippen LogP contribution in [0, 0.1) is 11.8 Å². The van der Waals surface area contributed by atoms with Crippen molar-refractivity contribution in [3.05, 3.63) is 35.9 Å². The number of carboxylic acids is 2. The van der Waals surface area contributed by atoms with Crippen LogP contribution in [-0.2, 0) is 54.4 Å². The summed E-state index contributed by atoms with van der Waals surface area (Å²) in [6, 6.07) is -3.70. The van der Waals surface area contributed by atoms with Crippen LogP contribution in [0.25, 0.3) is 0 Å². The number of nitrogens with zero attached hydrogens (tertiary/aromatic N) is 2. The summed E-state index contributed by atoms with van der Waals surface area (Å²) < 4.78 is 0. The van der Waals surface area contributed by atoms with Crippen LogP contribution in [0.3, 0.4) is 0 Å². The molecule has 1 aromatic carbocycles. The minimum absolute atomic E-state index is 0.00819. The Hall–Kier alpha value is -5.85. The first-order chi connectivity index (χ1) is 32.7. The van der Waals surface area contributed by atoms with E-state index in [1.165, 1.54) is 21.6 Å². The van der Waals surface area contributed by atoms with Crippen molar-refractivity contribution >= 4 is 71.0 Å². The predicted molar refractivity (Wildman–Crippen MR) is 251 cm³/mol. The molecule has 0 radical (unpaired) electrons. The van der Waals surface area contributed by atoms with E-state index < -0.39 is 145 Å². The van der Waals surface area contributed by atoms with Crippen LogP contribution in [0.5, 0.6) is 0 Å². The smallest absolute Gasteiger partial charge is 0.326 e. The lowest BCUT2D eigenvalue weighted by Gasteiger charge is -2.33. The first-order valence-electron chi connectivity index (χ1n) is 23.1. The number of aliphatic hydroxyl groups excluding tert-OH is 2. The number of rotatable bonds is 27. The highest BCUT2D eigenvalue weighted by Gasteiger charge is 2.43. The third-order valence-electron chi connectivity index (χ3n) is 12.2. The fourth-order valence-corrected chi connectivity index (χ4v) is 8.47. The number of carbonyl (C=O) groups excluding carboxylic acids is 8. The highest BCUT2D eigenvalue weighted by molar-refractivity contribution is 7.98. The Bertz CT molecular complexity index is 1980. The minimum Gasteiger partial charge on any atom is -0.481 e. The molecule has 0 saturated carbocycles. The quantitative estimate of drug-likeness (QED) is 0.0432. The number of carbonyl (C=O) groups is 10. The van der Waals surface area contributed by atoms with E-state index in [0.717, 1.165) is 0 Å². The Morgan fingerprint density at radius 3 is 1.74 bits per heavy atom. The molecule has 2 saturated heterocycles. The lowest BCUT2D eigenvalue weighted by Crippen LogP contribution is -2.62. The number of hydrogen-bond acceptors (Lipinski definition) is 14. The molecule has 10 atom stereocenters. The summed E-state index contributed by atoms with van der Waals surface area (Å²) in [5.74, 6) is -9.96. The highest BCUT2D eigenvalue weighted by Crippen LogP contribution is 2.23. The zero-order valence-corrected chi connectivity index (χ0v) is 40.5. The minimum atomic E-state index is -1.77. The van der Waals surface area contributed by atoms with E-state index in [4.69, 9.17) is 5.73 Å². The van der Waals surface area contributed by atoms with Gasteiger partial charge in [-0.05, 0) is 61.5 Å². The monoisotopic (exact) mass is 991 g/mol. The predicted octanol–water partition coefficient (Wildman–Crippen LogP) is -2.55. The van der Waals surface area contributed by atoms with Gasteiger partial charge >= 0.3 is 11.9 Å². The van der Waals surface area contributed by atoms with Crippen molar-refractivity contribution in [1.29, 1.82) is 0 Å². The summed E-state index contributed by atoms with van der Waals surface area (Å²) in [5, 5.41) is 53.9. The molecule has 0 aliphatic carbocycles. The average molecular weight is 992 g/mol. The molecule has 2 aliphatic rings. The topological polar surface area (TPSA) is 356 Å². The molecule has 3 rings (SSSR count). The standard InChI is InChI=1S/C45H69N9O14S/c1-6-25(4)36(52-41(63)33-15-10-17-53(33)43(65)27(46)22-55)42(64)51-35(24(2)3)44(66)54-18-11-14-32(54)40(62)50-31(23-56)39(61)48-29(20-26-12-8-7-9-13-26)37(59)49-30(21-34(57)58)38(60)47-28(45(67)68)16-19-69-5/h7-9,12-13,24-25,27-33,35-36,55-56H,6,10-11,14-23,46H2,1-5H3,(H,47,60)(H,48,61)(H,49,59)(H,50,62)(H,51,64)(H,52,63)(H,57,58)(H,67,68)/t25-,27-,28-,29-,30-,31-,32-,33-,35-,36-/m0/s1. The molecule has 2 fully saturated rings. The summed E-state index contributed by atoms with van der Waals surface area (Å²) in [7, 11) is 0. The highest BCUT2D eigenvalue weighted by atomic mass is 32.2. The van der Waals surface area contributed by atoms with E-state index in [9.17, 15) is 68.4 Å². The molecule has 23 nitrogen and oxygen atoms in total. The first-order valence-corrected chi connectivity index (χ1v) is 24.5. The van der Waals surface area contributed by atoms with Gasteiger partial charge in [0.2, 0.25) is 47.3 Å². The van der Waals surface area contributed by atoms with Gasteiger partial charge < -0.3 is 67.9 Å². The number of amides is 8. The molecular formula is C45H69N9O14S. The van der Waals surface area contributed by atoms with E-state index in [-0.39, 0.29) is 32.4 Å². The number of thioether (sulfide) groups is 1. The second kappa shape index (κ2) is 28.0. The molecule has 8 amide bonds. The maximum atomic E-state index is 14.3. The number of aliphatic carboxylic acids is 2. The molecule has 2 heterocycles. The Kier molecular flexibility index (Phi) is 23.3. The number of aliphatic hydroxyl groups is 2. The molecule has 384 valence electrons. The molecule has 24 heteroatoms. The van der Waals surface area contributed by atoms with Gasteiger partial charge in [-0.1, -0.05) is 64.4 Å². The van der Waals surface area contributed by atoms with E-state index >= 15 is 0 Å². The summed E-state index contributed by atoms with van der Waals surface area (Å²) in [5.41, 5.74) is 6.26. The van der Waals surface area contributed by atoms with Crippen molar-refractivity contribution in [2.45, 2.75) is 133 Å². The van der Waals surface area contributed by atoms with Crippen LogP contribution in [0.1, 0.15) is 78.2 Å². The second-order valence-electron chi connectivity index (χ2n) is 17.6. The summed E-state index contributed by atoms with van der Waals surface area (Å²) in [6.07, 6.45) is 2.35. The Balaban J connectivity index is 1.78. The number of likely N-dealkylation sites (tertiary alicyclic amines) is 2. The van der Waals surface area contributed by atoms with Crippen LogP contribution in [0.4, 0.5) is 0 Å². The third kappa shape index (κ3) is 16.7. The Morgan fingerprint density at radius 1 is 0.681 bits per heavy atom. The van der Waals surface area contributed by atoms with Gasteiger partial charge in [-0.25, -0.2) is 4.79 Å². The van der Waals surface area contributed by atoms with Gasteiger partial charge in [-0.3, -0.25) is 43.2 Å². The van der Waals surface area contributed by atoms with Gasteiger partial charge in [-0.15, -0.1) is 0 Å². The molecule has 1 aromatic rings. The molecule has 2 aliphatic heterocycles. The lowest BCUT2D eigenvalue weighted by atomic mass is 9.95. The molecule has 0 spiro atoms. The summed E-state index contributed by atoms with van der Waals surface area (Å²) >= 11 is 1.32. The molecule has 12 N–H and O–H groups in total. The van der Waals surface area contributed by atoms with E-state index in [2.05, 4.69) is 31.9 Å². The molecule has 0 aromatic heterocycles. The molecule has 0 unspecified atom stereocenters. The van der Waals surface area contributed by atoms with Gasteiger partial charge in [0.15, 0.2) is 0 Å². The Morgan fingerprint density at radius 2 is 1.22 bits per heavy atom. The number of carboxylic acid groups (broad SMARTS) is 2. The zero-order valence-electron chi connectivity index (χ0n) is 39.7. The van der Waals surface area contributed by atoms with Crippen molar-refractivity contribution in [2.75, 3.05) is 38.3 Å². The second-order valence-corrected chi connectivity index (χ2v) is 18.6. The average Bonchev–Trinajstić information content (AvgIpc) is 4.03. The maximum Gasteiger partial charge on any atom is 0.326 e. The Labute approximate surface area is 405 Å². The van der Waals surface area contributed by atoms with Crippen LogP contribution in [0.2, 0.25) is 0 Å². The number of benzene rings is 1. The van der Waals surface area contributed by atoms with Crippen LogP contribution < -0.4 is 37.6 Å². The molecule has 69 heavy (non-hydrogen) atoms. The van der Waals surface area contributed by atoms with Crippen molar-refractivity contribution in [2.24, 2.45) is 17.6 Å². The van der Waals surface area contributed by atoms with E-state index in [0.29, 0.717) is 37.0 Å². The lowest BCUT2D eigenvalue weighted by molar-refractivity contribution is -0.144. The van der Waals surface area contributed by atoms with Crippen molar-refractivity contribution in [1.82, 2.24) is 41.7 Å².